The lowest BCUT2D eigenvalue weighted by molar-refractivity contribution is -0.0529. The molecule has 0 aliphatic carbocycles. The van der Waals surface area contributed by atoms with Crippen LogP contribution in [0, 0.1) is 6.92 Å². The maximum atomic E-state index is 13.7. The number of aryl methyl sites for hydroxylation is 1. The number of hydrogen-bond donors (Lipinski definition) is 3. The van der Waals surface area contributed by atoms with Crippen molar-refractivity contribution < 1.29 is 19.8 Å². The fourth-order valence-electron chi connectivity index (χ4n) is 6.40. The summed E-state index contributed by atoms with van der Waals surface area (Å²) in [5, 5.41) is 30.3. The number of aliphatic hydroxyl groups excluding tert-OH is 2. The van der Waals surface area contributed by atoms with E-state index in [9.17, 15) is 19.8 Å². The molecule has 12 heteroatoms. The zero-order chi connectivity index (χ0) is 34.5. The quantitative estimate of drug-likeness (QED) is 0.128. The molecule has 6 rings (SSSR count). The highest BCUT2D eigenvalue weighted by Crippen LogP contribution is 2.35. The summed E-state index contributed by atoms with van der Waals surface area (Å²) < 4.78 is 10.2. The molecule has 0 saturated heterocycles. The van der Waals surface area contributed by atoms with Crippen molar-refractivity contribution in [3.05, 3.63) is 100 Å². The maximum absolute atomic E-state index is 13.7. The molecule has 0 radical (unpaired) electrons. The van der Waals surface area contributed by atoms with E-state index in [0.29, 0.717) is 59.9 Å². The van der Waals surface area contributed by atoms with Crippen LogP contribution < -0.4 is 5.32 Å². The SMILES string of the molecule is CCCCN(CCCC)C(=O)c1cc(C)n(-c2ccc(NC(=O)c3ccc4c(c3)N=S=N4)cc2C(O)N2Cc3ccccc3CC2CO)n1. The van der Waals surface area contributed by atoms with Crippen molar-refractivity contribution in [3.8, 4) is 5.69 Å². The lowest BCUT2D eigenvalue weighted by Gasteiger charge is -2.39. The molecule has 2 aliphatic heterocycles. The Morgan fingerprint density at radius 3 is 2.45 bits per heavy atom. The van der Waals surface area contributed by atoms with E-state index < -0.39 is 6.23 Å². The highest BCUT2D eigenvalue weighted by atomic mass is 32.1. The second kappa shape index (κ2) is 15.4. The molecule has 2 aliphatic rings. The second-order valence-electron chi connectivity index (χ2n) is 12.6. The standard InChI is InChI=1S/C37H43N7O4S/c1-4-6-16-42(17-7-5-2)37(48)33-18-24(3)44(39-33)34-15-13-28(38-35(46)26-12-14-31-32(20-26)41-49-40-31)21-30(34)36(47)43-22-27-11-9-8-10-25(27)19-29(43)23-45/h8-15,18,20-21,29,36,45,47H,4-7,16-17,19,22-23H2,1-3H3,(H,38,46). The van der Waals surface area contributed by atoms with E-state index in [1.165, 1.54) is 0 Å². The number of rotatable bonds is 13. The van der Waals surface area contributed by atoms with Gasteiger partial charge in [-0.1, -0.05) is 51.0 Å². The first-order valence-electron chi connectivity index (χ1n) is 17.0. The monoisotopic (exact) mass is 681 g/mol. The van der Waals surface area contributed by atoms with Crippen molar-refractivity contribution in [1.29, 1.82) is 0 Å². The number of nitrogens with zero attached hydrogens (tertiary/aromatic N) is 6. The minimum absolute atomic E-state index is 0.116. The third-order valence-electron chi connectivity index (χ3n) is 9.19. The molecule has 2 atom stereocenters. The third-order valence-corrected chi connectivity index (χ3v) is 9.74. The van der Waals surface area contributed by atoms with Gasteiger partial charge in [-0.25, -0.2) is 4.68 Å². The Morgan fingerprint density at radius 1 is 0.980 bits per heavy atom. The van der Waals surface area contributed by atoms with Gasteiger partial charge in [0.25, 0.3) is 11.8 Å². The zero-order valence-corrected chi connectivity index (χ0v) is 29.0. The summed E-state index contributed by atoms with van der Waals surface area (Å²) in [5.74, 6) is -0.444. The largest absolute Gasteiger partial charge is 0.395 e. The number of carbonyl (C=O) groups excluding carboxylic acids is 2. The number of fused-ring (bicyclic) bond motifs is 2. The molecule has 0 bridgehead atoms. The Balaban J connectivity index is 1.36. The van der Waals surface area contributed by atoms with Crippen molar-refractivity contribution in [1.82, 2.24) is 19.6 Å². The van der Waals surface area contributed by atoms with Crippen LogP contribution in [0.2, 0.25) is 0 Å². The molecular weight excluding hydrogens is 639 g/mol. The van der Waals surface area contributed by atoms with Gasteiger partial charge in [-0.2, -0.15) is 13.8 Å². The number of unbranched alkanes of at least 4 members (excludes halogenated alkanes) is 2. The highest BCUT2D eigenvalue weighted by molar-refractivity contribution is 7.58. The van der Waals surface area contributed by atoms with Crippen LogP contribution in [0.3, 0.4) is 0 Å². The fraction of sp³-hybridized carbons (Fsp3) is 0.378. The molecule has 0 saturated carbocycles. The Hall–Kier alpha value is -4.49. The molecule has 3 heterocycles. The number of benzene rings is 3. The number of nitrogens with one attached hydrogen (secondary N) is 1. The van der Waals surface area contributed by atoms with E-state index in [1.807, 2.05) is 34.9 Å². The minimum Gasteiger partial charge on any atom is -0.395 e. The van der Waals surface area contributed by atoms with E-state index in [2.05, 4.69) is 34.0 Å². The number of amides is 2. The molecule has 2 amide bonds. The summed E-state index contributed by atoms with van der Waals surface area (Å²) in [4.78, 5) is 30.8. The van der Waals surface area contributed by atoms with Crippen LogP contribution >= 0.6 is 0 Å². The van der Waals surface area contributed by atoms with Gasteiger partial charge >= 0.3 is 0 Å². The van der Waals surface area contributed by atoms with Crippen molar-refractivity contribution in [2.24, 2.45) is 8.73 Å². The number of carbonyl (C=O) groups is 2. The lowest BCUT2D eigenvalue weighted by atomic mass is 9.93. The normalized spacial score (nSPS) is 15.7. The predicted octanol–water partition coefficient (Wildman–Crippen LogP) is 6.61. The van der Waals surface area contributed by atoms with Crippen LogP contribution in [0.25, 0.3) is 5.69 Å². The summed E-state index contributed by atoms with van der Waals surface area (Å²) in [6, 6.07) is 20.0. The first-order chi connectivity index (χ1) is 23.8. The number of anilines is 1. The third kappa shape index (κ3) is 7.42. The molecule has 256 valence electrons. The van der Waals surface area contributed by atoms with Crippen molar-refractivity contribution in [2.45, 2.75) is 71.7 Å². The Kier molecular flexibility index (Phi) is 10.8. The van der Waals surface area contributed by atoms with Gasteiger partial charge in [0.2, 0.25) is 0 Å². The molecule has 4 aromatic rings. The van der Waals surface area contributed by atoms with E-state index in [0.717, 1.165) is 59.5 Å². The van der Waals surface area contributed by atoms with Crippen LogP contribution in [0.4, 0.5) is 17.1 Å². The van der Waals surface area contributed by atoms with Crippen molar-refractivity contribution >= 4 is 40.2 Å². The van der Waals surface area contributed by atoms with E-state index in [-0.39, 0.29) is 24.5 Å². The Morgan fingerprint density at radius 2 is 1.71 bits per heavy atom. The highest BCUT2D eigenvalue weighted by Gasteiger charge is 2.33. The average Bonchev–Trinajstić information content (AvgIpc) is 3.76. The van der Waals surface area contributed by atoms with E-state index in [1.54, 1.807) is 47.1 Å². The molecule has 3 aromatic carbocycles. The molecule has 49 heavy (non-hydrogen) atoms. The van der Waals surface area contributed by atoms with Gasteiger partial charge < -0.3 is 20.4 Å². The molecule has 2 unspecified atom stereocenters. The molecule has 0 fully saturated rings. The average molecular weight is 682 g/mol. The smallest absolute Gasteiger partial charge is 0.274 e. The second-order valence-corrected chi connectivity index (χ2v) is 13.2. The Bertz CT molecular complexity index is 1910. The van der Waals surface area contributed by atoms with E-state index in [4.69, 9.17) is 5.10 Å². The van der Waals surface area contributed by atoms with Gasteiger partial charge in [-0.3, -0.25) is 14.5 Å². The fourth-order valence-corrected chi connectivity index (χ4v) is 6.92. The predicted molar refractivity (Wildman–Crippen MR) is 191 cm³/mol. The van der Waals surface area contributed by atoms with Crippen molar-refractivity contribution in [2.75, 3.05) is 25.0 Å². The summed E-state index contributed by atoms with van der Waals surface area (Å²) >= 11 is 1.09. The van der Waals surface area contributed by atoms with Gasteiger partial charge in [0, 0.05) is 48.2 Å². The zero-order valence-electron chi connectivity index (χ0n) is 28.2. The molecular formula is C37H43N7O4S. The Labute approximate surface area is 290 Å². The van der Waals surface area contributed by atoms with Gasteiger partial charge in [0.05, 0.1) is 23.6 Å². The van der Waals surface area contributed by atoms with Crippen LogP contribution in [0.15, 0.2) is 75.5 Å². The van der Waals surface area contributed by atoms with Gasteiger partial charge in [-0.15, -0.1) is 0 Å². The first kappa shape index (κ1) is 34.4. The summed E-state index contributed by atoms with van der Waals surface area (Å²) in [7, 11) is 0. The van der Waals surface area contributed by atoms with Crippen LogP contribution in [0.5, 0.6) is 0 Å². The molecule has 1 aromatic heterocycles. The number of aliphatic hydroxyl groups is 2. The lowest BCUT2D eigenvalue weighted by Crippen LogP contribution is -2.45. The minimum atomic E-state index is -1.16. The molecule has 11 nitrogen and oxygen atoms in total. The summed E-state index contributed by atoms with van der Waals surface area (Å²) in [6.45, 7) is 7.73. The summed E-state index contributed by atoms with van der Waals surface area (Å²) in [6.07, 6.45) is 3.22. The first-order valence-corrected chi connectivity index (χ1v) is 17.7. The van der Waals surface area contributed by atoms with Gasteiger partial charge in [0.1, 0.15) is 17.6 Å². The topological polar surface area (TPSA) is 136 Å². The number of aromatic nitrogens is 2. The van der Waals surface area contributed by atoms with Gasteiger partial charge in [-0.05, 0) is 79.8 Å². The van der Waals surface area contributed by atoms with E-state index >= 15 is 0 Å². The summed E-state index contributed by atoms with van der Waals surface area (Å²) in [5.41, 5.74) is 6.62. The number of hydrogen-bond acceptors (Lipinski definition) is 8. The van der Waals surface area contributed by atoms with Crippen LogP contribution in [0.1, 0.15) is 89.0 Å². The maximum Gasteiger partial charge on any atom is 0.274 e. The van der Waals surface area contributed by atoms with Crippen molar-refractivity contribution in [3.63, 3.8) is 0 Å². The van der Waals surface area contributed by atoms with Gasteiger partial charge in [0.15, 0.2) is 5.69 Å². The molecule has 0 spiro atoms. The van der Waals surface area contributed by atoms with Crippen LogP contribution in [-0.2, 0) is 24.3 Å². The molecule has 3 N–H and O–H groups in total. The van der Waals surface area contributed by atoms with Crippen LogP contribution in [-0.4, -0.2) is 67.3 Å².